The molecule has 3 rings (SSSR count). The third-order valence-corrected chi connectivity index (χ3v) is 4.27. The van der Waals surface area contributed by atoms with Gasteiger partial charge in [0, 0.05) is 26.2 Å². The number of anilines is 1. The van der Waals surface area contributed by atoms with E-state index in [0.29, 0.717) is 42.2 Å². The second kappa shape index (κ2) is 5.81. The summed E-state index contributed by atoms with van der Waals surface area (Å²) < 4.78 is 5.54. The Labute approximate surface area is 129 Å². The third kappa shape index (κ3) is 3.14. The zero-order valence-electron chi connectivity index (χ0n) is 12.4. The summed E-state index contributed by atoms with van der Waals surface area (Å²) in [7, 11) is 3.77. The Morgan fingerprint density at radius 3 is 2.86 bits per heavy atom. The lowest BCUT2D eigenvalue weighted by Crippen LogP contribution is -2.49. The van der Waals surface area contributed by atoms with Crippen molar-refractivity contribution < 1.29 is 9.53 Å². The summed E-state index contributed by atoms with van der Waals surface area (Å²) in [4.78, 5) is 20.9. The van der Waals surface area contributed by atoms with Crippen molar-refractivity contribution >= 4 is 23.3 Å². The quantitative estimate of drug-likeness (QED) is 0.802. The average molecular weight is 310 g/mol. The van der Waals surface area contributed by atoms with Crippen LogP contribution in [0.5, 0.6) is 0 Å². The van der Waals surface area contributed by atoms with E-state index in [1.54, 1.807) is 12.1 Å². The van der Waals surface area contributed by atoms with Crippen LogP contribution in [0.25, 0.3) is 0 Å². The van der Waals surface area contributed by atoms with Crippen LogP contribution in [0, 0.1) is 5.92 Å². The fraction of sp³-hybridized carbons (Fsp3) is 0.600. The molecule has 114 valence electrons. The summed E-state index contributed by atoms with van der Waals surface area (Å²) in [6.45, 7) is 1.90. The van der Waals surface area contributed by atoms with Crippen LogP contribution in [-0.4, -0.2) is 55.7 Å². The highest BCUT2D eigenvalue weighted by molar-refractivity contribution is 6.29. The van der Waals surface area contributed by atoms with Gasteiger partial charge in [-0.15, -0.1) is 0 Å². The summed E-state index contributed by atoms with van der Waals surface area (Å²) in [5.41, 5.74) is 0.603. The molecule has 5 nitrogen and oxygen atoms in total. The maximum absolute atomic E-state index is 12.8. The number of nitrogens with zero attached hydrogens (tertiary/aromatic N) is 3. The second-order valence-electron chi connectivity index (χ2n) is 5.91. The van der Waals surface area contributed by atoms with E-state index >= 15 is 0 Å². The van der Waals surface area contributed by atoms with Crippen molar-refractivity contribution in [1.82, 2.24) is 9.88 Å². The number of hydrogen-bond donors (Lipinski definition) is 0. The molecule has 6 heteroatoms. The van der Waals surface area contributed by atoms with Gasteiger partial charge in [-0.1, -0.05) is 11.6 Å². The molecule has 1 aromatic heterocycles. The number of pyridine rings is 1. The van der Waals surface area contributed by atoms with Crippen LogP contribution in [0.3, 0.4) is 0 Å². The molecule has 1 saturated carbocycles. The first kappa shape index (κ1) is 14.6. The highest BCUT2D eigenvalue weighted by atomic mass is 35.5. The van der Waals surface area contributed by atoms with Gasteiger partial charge >= 0.3 is 0 Å². The average Bonchev–Trinajstić information content (AvgIpc) is 3.30. The van der Waals surface area contributed by atoms with Gasteiger partial charge < -0.3 is 14.5 Å². The molecule has 2 aliphatic rings. The molecule has 21 heavy (non-hydrogen) atoms. The van der Waals surface area contributed by atoms with E-state index in [4.69, 9.17) is 16.3 Å². The lowest BCUT2D eigenvalue weighted by molar-refractivity contribution is -0.00834. The van der Waals surface area contributed by atoms with Gasteiger partial charge in [-0.05, 0) is 30.9 Å². The number of hydrogen-bond acceptors (Lipinski definition) is 4. The first-order valence-corrected chi connectivity index (χ1v) is 7.67. The number of amides is 1. The Kier molecular flexibility index (Phi) is 4.04. The number of ether oxygens (including phenoxy) is 1. The predicted molar refractivity (Wildman–Crippen MR) is 81.9 cm³/mol. The maximum atomic E-state index is 12.8. The van der Waals surface area contributed by atoms with Crippen molar-refractivity contribution in [2.75, 3.05) is 38.8 Å². The van der Waals surface area contributed by atoms with Gasteiger partial charge in [0.15, 0.2) is 0 Å². The van der Waals surface area contributed by atoms with Crippen molar-refractivity contribution in [2.45, 2.75) is 18.9 Å². The van der Waals surface area contributed by atoms with Gasteiger partial charge in [0.05, 0.1) is 19.3 Å². The lowest BCUT2D eigenvalue weighted by atomic mass is 10.1. The van der Waals surface area contributed by atoms with Gasteiger partial charge in [-0.2, -0.15) is 0 Å². The summed E-state index contributed by atoms with van der Waals surface area (Å²) in [6.07, 6.45) is 2.38. The molecule has 1 aromatic rings. The van der Waals surface area contributed by atoms with Crippen LogP contribution >= 0.6 is 11.6 Å². The van der Waals surface area contributed by atoms with E-state index in [9.17, 15) is 4.79 Å². The van der Waals surface area contributed by atoms with Crippen molar-refractivity contribution in [3.05, 3.63) is 22.8 Å². The molecule has 0 spiro atoms. The van der Waals surface area contributed by atoms with E-state index in [-0.39, 0.29) is 11.9 Å². The highest BCUT2D eigenvalue weighted by Crippen LogP contribution is 2.37. The van der Waals surface area contributed by atoms with Crippen LogP contribution in [0.1, 0.15) is 23.2 Å². The standard InChI is InChI=1S/C15H20ClN3O2/c1-18(2)14-8-11(7-13(16)17-14)15(20)19-5-6-21-9-12(19)10-3-4-10/h7-8,10,12H,3-6,9H2,1-2H3/t12-/m1/s1. The monoisotopic (exact) mass is 309 g/mol. The third-order valence-electron chi connectivity index (χ3n) is 4.08. The molecule has 2 fully saturated rings. The van der Waals surface area contributed by atoms with Crippen LogP contribution in [0.2, 0.25) is 5.15 Å². The van der Waals surface area contributed by atoms with Crippen molar-refractivity contribution in [3.63, 3.8) is 0 Å². The van der Waals surface area contributed by atoms with Gasteiger partial charge in [0.25, 0.3) is 5.91 Å². The van der Waals surface area contributed by atoms with Crippen LogP contribution < -0.4 is 4.90 Å². The van der Waals surface area contributed by atoms with Crippen molar-refractivity contribution in [3.8, 4) is 0 Å². The first-order valence-electron chi connectivity index (χ1n) is 7.30. The molecular formula is C15H20ClN3O2. The number of halogens is 1. The highest BCUT2D eigenvalue weighted by Gasteiger charge is 2.39. The second-order valence-corrected chi connectivity index (χ2v) is 6.30. The fourth-order valence-electron chi connectivity index (χ4n) is 2.75. The predicted octanol–water partition coefficient (Wildman–Crippen LogP) is 2.05. The Balaban J connectivity index is 1.86. The van der Waals surface area contributed by atoms with E-state index in [0.717, 1.165) is 0 Å². The largest absolute Gasteiger partial charge is 0.377 e. The summed E-state index contributed by atoms with van der Waals surface area (Å²) >= 11 is 6.06. The van der Waals surface area contributed by atoms with Gasteiger partial charge in [0.2, 0.25) is 0 Å². The van der Waals surface area contributed by atoms with Crippen molar-refractivity contribution in [1.29, 1.82) is 0 Å². The molecule has 1 aliphatic heterocycles. The fourth-order valence-corrected chi connectivity index (χ4v) is 2.95. The zero-order valence-corrected chi connectivity index (χ0v) is 13.1. The van der Waals surface area contributed by atoms with E-state index in [1.165, 1.54) is 12.8 Å². The number of rotatable bonds is 3. The molecular weight excluding hydrogens is 290 g/mol. The van der Waals surface area contributed by atoms with Crippen LogP contribution in [0.15, 0.2) is 12.1 Å². The Hall–Kier alpha value is -1.33. The molecule has 1 saturated heterocycles. The number of carbonyl (C=O) groups excluding carboxylic acids is 1. The lowest BCUT2D eigenvalue weighted by Gasteiger charge is -2.36. The minimum atomic E-state index is 0.0302. The van der Waals surface area contributed by atoms with Crippen LogP contribution in [-0.2, 0) is 4.74 Å². The molecule has 1 atom stereocenters. The van der Waals surface area contributed by atoms with E-state index < -0.39 is 0 Å². The molecule has 1 aliphatic carbocycles. The summed E-state index contributed by atoms with van der Waals surface area (Å²) in [5.74, 6) is 1.32. The molecule has 1 amide bonds. The number of carbonyl (C=O) groups is 1. The Morgan fingerprint density at radius 2 is 2.19 bits per heavy atom. The van der Waals surface area contributed by atoms with E-state index in [2.05, 4.69) is 4.98 Å². The summed E-state index contributed by atoms with van der Waals surface area (Å²) in [5, 5.41) is 0.348. The number of morpholine rings is 1. The normalized spacial score (nSPS) is 22.2. The minimum Gasteiger partial charge on any atom is -0.377 e. The van der Waals surface area contributed by atoms with Gasteiger partial charge in [-0.25, -0.2) is 4.98 Å². The molecule has 0 unspecified atom stereocenters. The molecule has 0 N–H and O–H groups in total. The molecule has 2 heterocycles. The van der Waals surface area contributed by atoms with Crippen LogP contribution in [0.4, 0.5) is 5.82 Å². The maximum Gasteiger partial charge on any atom is 0.254 e. The van der Waals surface area contributed by atoms with Crippen molar-refractivity contribution in [2.24, 2.45) is 5.92 Å². The molecule has 0 aromatic carbocycles. The van der Waals surface area contributed by atoms with Gasteiger partial charge in [-0.3, -0.25) is 4.79 Å². The van der Waals surface area contributed by atoms with Gasteiger partial charge in [0.1, 0.15) is 11.0 Å². The first-order chi connectivity index (χ1) is 10.1. The number of aromatic nitrogens is 1. The Bertz CT molecular complexity index is 546. The summed E-state index contributed by atoms with van der Waals surface area (Å²) in [6, 6.07) is 3.66. The smallest absolute Gasteiger partial charge is 0.254 e. The Morgan fingerprint density at radius 1 is 1.43 bits per heavy atom. The minimum absolute atomic E-state index is 0.0302. The van der Waals surface area contributed by atoms with E-state index in [1.807, 2.05) is 23.9 Å². The topological polar surface area (TPSA) is 45.7 Å². The zero-order chi connectivity index (χ0) is 15.0. The SMILES string of the molecule is CN(C)c1cc(C(=O)N2CCOC[C@@H]2C2CC2)cc(Cl)n1. The molecule has 0 radical (unpaired) electrons. The molecule has 0 bridgehead atoms.